The predicted molar refractivity (Wildman–Crippen MR) is 123 cm³/mol. The Hall–Kier alpha value is -1.71. The Morgan fingerprint density at radius 1 is 1.36 bits per heavy atom. The number of amides is 1. The summed E-state index contributed by atoms with van der Waals surface area (Å²) in [6.45, 7) is 6.11. The lowest BCUT2D eigenvalue weighted by atomic mass is 10.2. The zero-order valence-electron chi connectivity index (χ0n) is 17.2. The first-order valence-corrected chi connectivity index (χ1v) is 9.58. The molecule has 1 aromatic carbocycles. The second kappa shape index (κ2) is 12.7. The first-order chi connectivity index (χ1) is 13.0. The van der Waals surface area contributed by atoms with Crippen LogP contribution in [0, 0.1) is 12.8 Å². The van der Waals surface area contributed by atoms with E-state index in [1.54, 1.807) is 14.0 Å². The number of aryl methyl sites for hydroxylation is 1. The number of hydrogen-bond donors (Lipinski definition) is 2. The highest BCUT2D eigenvalue weighted by Gasteiger charge is 2.32. The van der Waals surface area contributed by atoms with Gasteiger partial charge in [-0.3, -0.25) is 4.99 Å². The molecule has 1 unspecified atom stereocenters. The van der Waals surface area contributed by atoms with Crippen LogP contribution in [-0.2, 0) is 4.74 Å². The number of guanidine groups is 1. The number of nitrogens with zero attached hydrogens (tertiary/aromatic N) is 2. The van der Waals surface area contributed by atoms with Crippen LogP contribution in [0.25, 0.3) is 0 Å². The number of hydrogen-bond acceptors (Lipinski definition) is 4. The molecule has 28 heavy (non-hydrogen) atoms. The molecule has 1 aliphatic rings. The van der Waals surface area contributed by atoms with Crippen molar-refractivity contribution in [2.75, 3.05) is 40.4 Å². The molecular formula is C20H33IN4O3. The molecule has 0 saturated heterocycles. The highest BCUT2D eigenvalue weighted by molar-refractivity contribution is 14.0. The quantitative estimate of drug-likeness (QED) is 0.307. The topological polar surface area (TPSA) is 75.2 Å². The molecule has 0 aromatic heterocycles. The molecule has 158 valence electrons. The van der Waals surface area contributed by atoms with Crippen LogP contribution in [0.4, 0.5) is 4.79 Å². The second-order valence-electron chi connectivity index (χ2n) is 6.77. The summed E-state index contributed by atoms with van der Waals surface area (Å²) in [6.07, 6.45) is 1.92. The van der Waals surface area contributed by atoms with Crippen molar-refractivity contribution in [2.24, 2.45) is 10.9 Å². The van der Waals surface area contributed by atoms with Crippen LogP contribution in [0.3, 0.4) is 0 Å². The number of carbonyl (C=O) groups excluding carboxylic acids is 1. The predicted octanol–water partition coefficient (Wildman–Crippen LogP) is 3.02. The van der Waals surface area contributed by atoms with Crippen LogP contribution in [0.15, 0.2) is 29.3 Å². The van der Waals surface area contributed by atoms with Gasteiger partial charge in [-0.05, 0) is 44.2 Å². The highest BCUT2D eigenvalue weighted by atomic mass is 127. The molecule has 1 atom stereocenters. The molecule has 1 aliphatic carbocycles. The number of benzene rings is 1. The molecule has 0 heterocycles. The summed E-state index contributed by atoms with van der Waals surface area (Å²) < 4.78 is 10.9. The van der Waals surface area contributed by atoms with Gasteiger partial charge in [0.05, 0.1) is 19.2 Å². The van der Waals surface area contributed by atoms with Crippen LogP contribution in [0.5, 0.6) is 5.75 Å². The van der Waals surface area contributed by atoms with Gasteiger partial charge in [-0.25, -0.2) is 4.79 Å². The summed E-state index contributed by atoms with van der Waals surface area (Å²) in [6, 6.07) is 8.04. The van der Waals surface area contributed by atoms with E-state index in [0.717, 1.165) is 30.1 Å². The summed E-state index contributed by atoms with van der Waals surface area (Å²) in [7, 11) is 3.73. The van der Waals surface area contributed by atoms with E-state index < -0.39 is 0 Å². The van der Waals surface area contributed by atoms with E-state index in [9.17, 15) is 4.79 Å². The van der Waals surface area contributed by atoms with E-state index >= 15 is 0 Å². The molecule has 0 bridgehead atoms. The van der Waals surface area contributed by atoms with Crippen molar-refractivity contribution in [3.8, 4) is 5.75 Å². The molecule has 2 rings (SSSR count). The van der Waals surface area contributed by atoms with Crippen LogP contribution in [0.1, 0.15) is 25.3 Å². The minimum absolute atomic E-state index is 0. The molecule has 1 fully saturated rings. The van der Waals surface area contributed by atoms with Crippen molar-refractivity contribution in [3.05, 3.63) is 29.8 Å². The zero-order chi connectivity index (χ0) is 19.6. The van der Waals surface area contributed by atoms with Crippen molar-refractivity contribution < 1.29 is 14.3 Å². The Labute approximate surface area is 185 Å². The minimum Gasteiger partial charge on any atom is -0.491 e. The van der Waals surface area contributed by atoms with Crippen molar-refractivity contribution in [1.82, 2.24) is 15.5 Å². The van der Waals surface area contributed by atoms with Gasteiger partial charge in [0.25, 0.3) is 0 Å². The van der Waals surface area contributed by atoms with Gasteiger partial charge in [-0.1, -0.05) is 18.2 Å². The first-order valence-electron chi connectivity index (χ1n) is 9.58. The molecule has 2 N–H and O–H groups in total. The Morgan fingerprint density at radius 2 is 2.07 bits per heavy atom. The lowest BCUT2D eigenvalue weighted by Crippen LogP contribution is -2.49. The van der Waals surface area contributed by atoms with E-state index in [0.29, 0.717) is 32.2 Å². The van der Waals surface area contributed by atoms with Gasteiger partial charge in [-0.2, -0.15) is 0 Å². The SMILES string of the molecule is CCOC(=O)NC(CNC(=NC)N(C)CCOc1ccccc1C)C1CC1.I. The summed E-state index contributed by atoms with van der Waals surface area (Å²) in [5, 5.41) is 6.30. The zero-order valence-corrected chi connectivity index (χ0v) is 19.6. The molecule has 1 amide bonds. The van der Waals surface area contributed by atoms with E-state index in [-0.39, 0.29) is 36.1 Å². The Kier molecular flexibility index (Phi) is 11.0. The smallest absolute Gasteiger partial charge is 0.407 e. The van der Waals surface area contributed by atoms with Crippen molar-refractivity contribution in [1.29, 1.82) is 0 Å². The lowest BCUT2D eigenvalue weighted by Gasteiger charge is -2.25. The molecular weight excluding hydrogens is 471 g/mol. The van der Waals surface area contributed by atoms with Crippen LogP contribution >= 0.6 is 24.0 Å². The maximum absolute atomic E-state index is 11.7. The van der Waals surface area contributed by atoms with Crippen LogP contribution in [0.2, 0.25) is 0 Å². The van der Waals surface area contributed by atoms with Crippen LogP contribution < -0.4 is 15.4 Å². The van der Waals surface area contributed by atoms with E-state index in [2.05, 4.69) is 15.6 Å². The number of aliphatic imine (C=N–C) groups is 1. The van der Waals surface area contributed by atoms with Gasteiger partial charge in [0, 0.05) is 20.6 Å². The fourth-order valence-corrected chi connectivity index (χ4v) is 2.86. The van der Waals surface area contributed by atoms with Gasteiger partial charge in [0.1, 0.15) is 12.4 Å². The van der Waals surface area contributed by atoms with Gasteiger partial charge in [0.2, 0.25) is 0 Å². The number of rotatable bonds is 9. The Balaban J connectivity index is 0.00000392. The van der Waals surface area contributed by atoms with Crippen LogP contribution in [-0.4, -0.2) is 63.4 Å². The van der Waals surface area contributed by atoms with Crippen molar-refractivity contribution >= 4 is 36.0 Å². The van der Waals surface area contributed by atoms with Crippen molar-refractivity contribution in [2.45, 2.75) is 32.7 Å². The normalized spacial score (nSPS) is 14.5. The van der Waals surface area contributed by atoms with E-state index in [4.69, 9.17) is 9.47 Å². The largest absolute Gasteiger partial charge is 0.491 e. The van der Waals surface area contributed by atoms with E-state index in [1.807, 2.05) is 43.1 Å². The van der Waals surface area contributed by atoms with Gasteiger partial charge in [-0.15, -0.1) is 24.0 Å². The molecule has 7 nitrogen and oxygen atoms in total. The number of nitrogens with one attached hydrogen (secondary N) is 2. The summed E-state index contributed by atoms with van der Waals surface area (Å²) in [5.74, 6) is 2.19. The first kappa shape index (κ1) is 24.3. The highest BCUT2D eigenvalue weighted by Crippen LogP contribution is 2.32. The number of para-hydroxylation sites is 1. The molecule has 1 aromatic rings. The number of halogens is 1. The van der Waals surface area contributed by atoms with Gasteiger partial charge < -0.3 is 25.0 Å². The molecule has 0 radical (unpaired) electrons. The summed E-state index contributed by atoms with van der Waals surface area (Å²) in [5.41, 5.74) is 1.12. The third kappa shape index (κ3) is 8.12. The number of likely N-dealkylation sites (N-methyl/N-ethyl adjacent to an activating group) is 1. The molecule has 8 heteroatoms. The Morgan fingerprint density at radius 3 is 2.68 bits per heavy atom. The van der Waals surface area contributed by atoms with E-state index in [1.165, 1.54) is 0 Å². The average molecular weight is 504 g/mol. The minimum atomic E-state index is -0.355. The van der Waals surface area contributed by atoms with Gasteiger partial charge in [0.15, 0.2) is 5.96 Å². The number of carbonyl (C=O) groups is 1. The maximum atomic E-state index is 11.7. The van der Waals surface area contributed by atoms with Crippen molar-refractivity contribution in [3.63, 3.8) is 0 Å². The maximum Gasteiger partial charge on any atom is 0.407 e. The molecule has 0 aliphatic heterocycles. The third-order valence-corrected chi connectivity index (χ3v) is 4.60. The molecule has 0 spiro atoms. The molecule has 1 saturated carbocycles. The summed E-state index contributed by atoms with van der Waals surface area (Å²) in [4.78, 5) is 18.1. The standard InChI is InChI=1S/C20H32N4O3.HI/c1-5-26-20(25)23-17(16-10-11-16)14-22-19(21-3)24(4)12-13-27-18-9-7-6-8-15(18)2;/h6-9,16-17H,5,10-14H2,1-4H3,(H,21,22)(H,23,25);1H. The lowest BCUT2D eigenvalue weighted by molar-refractivity contribution is 0.146. The number of ether oxygens (including phenoxy) is 2. The fourth-order valence-electron chi connectivity index (χ4n) is 2.86. The average Bonchev–Trinajstić information content (AvgIpc) is 3.48. The number of alkyl carbamates (subject to hydrolysis) is 1. The van der Waals surface area contributed by atoms with Gasteiger partial charge >= 0.3 is 6.09 Å². The Bertz CT molecular complexity index is 638. The third-order valence-electron chi connectivity index (χ3n) is 4.60. The summed E-state index contributed by atoms with van der Waals surface area (Å²) >= 11 is 0. The fraction of sp³-hybridized carbons (Fsp3) is 0.600. The monoisotopic (exact) mass is 504 g/mol. The second-order valence-corrected chi connectivity index (χ2v) is 6.77.